The number of hydrogen-bond acceptors (Lipinski definition) is 1. The van der Waals surface area contributed by atoms with Gasteiger partial charge >= 0.3 is 6.18 Å². The van der Waals surface area contributed by atoms with Crippen LogP contribution in [0.3, 0.4) is 0 Å². The second-order valence-electron chi connectivity index (χ2n) is 4.33. The summed E-state index contributed by atoms with van der Waals surface area (Å²) in [6.07, 6.45) is -5.75. The number of aliphatic hydroxyl groups is 1. The molecule has 0 saturated heterocycles. The predicted molar refractivity (Wildman–Crippen MR) is 48.1 cm³/mol. The summed E-state index contributed by atoms with van der Waals surface area (Å²) in [5, 5.41) is 9.44. The maximum absolute atomic E-state index is 13.6. The fourth-order valence-corrected chi connectivity index (χ4v) is 2.55. The second kappa shape index (κ2) is 3.82. The van der Waals surface area contributed by atoms with E-state index in [2.05, 4.69) is 0 Å². The predicted octanol–water partition coefficient (Wildman–Crippen LogP) is 3.37. The molecule has 1 fully saturated rings. The summed E-state index contributed by atoms with van der Waals surface area (Å²) < 4.78 is 65.2. The quantitative estimate of drug-likeness (QED) is 0.740. The highest BCUT2D eigenvalue weighted by molar-refractivity contribution is 5.11. The smallest absolute Gasteiger partial charge is 0.376 e. The molecule has 96 valence electrons. The molecule has 1 aliphatic rings. The van der Waals surface area contributed by atoms with Crippen molar-refractivity contribution in [1.82, 2.24) is 0 Å². The minimum absolute atomic E-state index is 0.0676. The lowest BCUT2D eigenvalue weighted by molar-refractivity contribution is -0.339. The van der Waals surface area contributed by atoms with Gasteiger partial charge in [0.05, 0.1) is 0 Å². The summed E-state index contributed by atoms with van der Waals surface area (Å²) in [6, 6.07) is 0. The van der Waals surface area contributed by atoms with E-state index in [4.69, 9.17) is 0 Å². The molecule has 3 atom stereocenters. The Morgan fingerprint density at radius 2 is 1.56 bits per heavy atom. The van der Waals surface area contributed by atoms with E-state index in [1.807, 2.05) is 0 Å². The van der Waals surface area contributed by atoms with Crippen LogP contribution >= 0.6 is 0 Å². The standard InChI is InChI=1S/C10H15F5O/c1-3-6-5-7(4-2)9(11,12)8(6,16)10(13,14)15/h6-7,16H,3-5H2,1-2H3. The van der Waals surface area contributed by atoms with Gasteiger partial charge in [0.25, 0.3) is 5.92 Å². The van der Waals surface area contributed by atoms with E-state index in [0.717, 1.165) is 0 Å². The number of hydrogen-bond donors (Lipinski definition) is 1. The van der Waals surface area contributed by atoms with Crippen LogP contribution < -0.4 is 0 Å². The Labute approximate surface area is 90.6 Å². The van der Waals surface area contributed by atoms with Crippen molar-refractivity contribution >= 4 is 0 Å². The van der Waals surface area contributed by atoms with Gasteiger partial charge in [-0.25, -0.2) is 8.78 Å². The van der Waals surface area contributed by atoms with Crippen molar-refractivity contribution in [3.63, 3.8) is 0 Å². The van der Waals surface area contributed by atoms with E-state index in [1.54, 1.807) is 0 Å². The molecule has 16 heavy (non-hydrogen) atoms. The number of rotatable bonds is 2. The summed E-state index contributed by atoms with van der Waals surface area (Å²) >= 11 is 0. The molecule has 0 aromatic rings. The van der Waals surface area contributed by atoms with Crippen molar-refractivity contribution in [1.29, 1.82) is 0 Å². The molecule has 0 aliphatic heterocycles. The van der Waals surface area contributed by atoms with Crippen LogP contribution in [0.15, 0.2) is 0 Å². The van der Waals surface area contributed by atoms with Crippen LogP contribution in [-0.4, -0.2) is 22.8 Å². The van der Waals surface area contributed by atoms with Gasteiger partial charge in [-0.15, -0.1) is 0 Å². The van der Waals surface area contributed by atoms with Gasteiger partial charge in [0.15, 0.2) is 0 Å². The lowest BCUT2D eigenvalue weighted by Gasteiger charge is -2.37. The van der Waals surface area contributed by atoms with E-state index in [0.29, 0.717) is 0 Å². The van der Waals surface area contributed by atoms with Crippen LogP contribution in [-0.2, 0) is 0 Å². The molecule has 1 nitrogen and oxygen atoms in total. The van der Waals surface area contributed by atoms with E-state index in [1.165, 1.54) is 13.8 Å². The summed E-state index contributed by atoms with van der Waals surface area (Å²) in [6.45, 7) is 2.79. The first-order valence-electron chi connectivity index (χ1n) is 5.29. The second-order valence-corrected chi connectivity index (χ2v) is 4.33. The SMILES string of the molecule is CCC1CC(CC)C(O)(C(F)(F)F)C1(F)F. The molecule has 1 aliphatic carbocycles. The maximum Gasteiger partial charge on any atom is 0.423 e. The summed E-state index contributed by atoms with van der Waals surface area (Å²) in [5.74, 6) is -6.92. The average molecular weight is 246 g/mol. The van der Waals surface area contributed by atoms with E-state index >= 15 is 0 Å². The first kappa shape index (κ1) is 13.7. The Bertz CT molecular complexity index is 262. The van der Waals surface area contributed by atoms with Crippen LogP contribution in [0.1, 0.15) is 33.1 Å². The van der Waals surface area contributed by atoms with E-state index in [-0.39, 0.29) is 19.3 Å². The zero-order valence-corrected chi connectivity index (χ0v) is 9.11. The maximum atomic E-state index is 13.6. The molecule has 0 aromatic heterocycles. The fourth-order valence-electron chi connectivity index (χ4n) is 2.55. The van der Waals surface area contributed by atoms with Gasteiger partial charge in [-0.3, -0.25) is 0 Å². The van der Waals surface area contributed by atoms with Crippen molar-refractivity contribution in [2.24, 2.45) is 11.8 Å². The molecular weight excluding hydrogens is 231 g/mol. The summed E-state index contributed by atoms with van der Waals surface area (Å²) in [7, 11) is 0. The topological polar surface area (TPSA) is 20.2 Å². The van der Waals surface area contributed by atoms with Crippen molar-refractivity contribution in [2.75, 3.05) is 0 Å². The van der Waals surface area contributed by atoms with Gasteiger partial charge in [-0.05, 0) is 19.3 Å². The first-order valence-corrected chi connectivity index (χ1v) is 5.29. The van der Waals surface area contributed by atoms with Crippen molar-refractivity contribution < 1.29 is 27.1 Å². The normalized spacial score (nSPS) is 39.0. The van der Waals surface area contributed by atoms with E-state index in [9.17, 15) is 27.1 Å². The minimum Gasteiger partial charge on any atom is -0.376 e. The molecule has 1 saturated carbocycles. The Hall–Kier alpha value is -0.390. The highest BCUT2D eigenvalue weighted by Crippen LogP contribution is 2.59. The fraction of sp³-hybridized carbons (Fsp3) is 1.00. The van der Waals surface area contributed by atoms with Crippen LogP contribution in [0.4, 0.5) is 22.0 Å². The molecular formula is C10H15F5O. The number of alkyl halides is 5. The Balaban J connectivity index is 3.22. The van der Waals surface area contributed by atoms with Gasteiger partial charge < -0.3 is 5.11 Å². The van der Waals surface area contributed by atoms with Gasteiger partial charge in [-0.1, -0.05) is 13.8 Å². The van der Waals surface area contributed by atoms with Gasteiger partial charge in [-0.2, -0.15) is 13.2 Å². The van der Waals surface area contributed by atoms with Crippen LogP contribution in [0.2, 0.25) is 0 Å². The zero-order chi connectivity index (χ0) is 12.8. The minimum atomic E-state index is -5.29. The third kappa shape index (κ3) is 1.53. The molecule has 0 bridgehead atoms. The molecule has 1 N–H and O–H groups in total. The molecule has 0 heterocycles. The molecule has 6 heteroatoms. The van der Waals surface area contributed by atoms with Crippen LogP contribution in [0.5, 0.6) is 0 Å². The van der Waals surface area contributed by atoms with E-state index < -0.39 is 29.5 Å². The van der Waals surface area contributed by atoms with Crippen LogP contribution in [0.25, 0.3) is 0 Å². The third-order valence-corrected chi connectivity index (χ3v) is 3.60. The largest absolute Gasteiger partial charge is 0.423 e. The Morgan fingerprint density at radius 3 is 1.81 bits per heavy atom. The highest BCUT2D eigenvalue weighted by Gasteiger charge is 2.77. The van der Waals surface area contributed by atoms with Crippen LogP contribution in [0, 0.1) is 11.8 Å². The molecule has 0 aromatic carbocycles. The van der Waals surface area contributed by atoms with Gasteiger partial charge in [0.1, 0.15) is 0 Å². The lowest BCUT2D eigenvalue weighted by Crippen LogP contribution is -2.60. The average Bonchev–Trinajstić information content (AvgIpc) is 2.35. The first-order chi connectivity index (χ1) is 7.12. The molecule has 3 unspecified atom stereocenters. The molecule has 0 spiro atoms. The lowest BCUT2D eigenvalue weighted by atomic mass is 9.86. The van der Waals surface area contributed by atoms with Crippen molar-refractivity contribution in [2.45, 2.75) is 50.8 Å². The van der Waals surface area contributed by atoms with Crippen molar-refractivity contribution in [3.8, 4) is 0 Å². The summed E-state index contributed by atoms with van der Waals surface area (Å²) in [5.41, 5.74) is -3.87. The van der Waals surface area contributed by atoms with Gasteiger partial charge in [0, 0.05) is 11.8 Å². The monoisotopic (exact) mass is 246 g/mol. The van der Waals surface area contributed by atoms with Gasteiger partial charge in [0.2, 0.25) is 5.60 Å². The highest BCUT2D eigenvalue weighted by atomic mass is 19.4. The molecule has 0 radical (unpaired) electrons. The Morgan fingerprint density at radius 1 is 1.12 bits per heavy atom. The molecule has 0 amide bonds. The Kier molecular flexibility index (Phi) is 3.27. The molecule has 1 rings (SSSR count). The number of halogens is 5. The summed E-state index contributed by atoms with van der Waals surface area (Å²) in [4.78, 5) is 0. The van der Waals surface area contributed by atoms with Crippen molar-refractivity contribution in [3.05, 3.63) is 0 Å². The zero-order valence-electron chi connectivity index (χ0n) is 9.11. The third-order valence-electron chi connectivity index (χ3n) is 3.60.